The van der Waals surface area contributed by atoms with Crippen molar-refractivity contribution in [3.05, 3.63) is 38.9 Å². The molecular formula is C10H10N4O3S. The molecule has 7 nitrogen and oxygen atoms in total. The van der Waals surface area contributed by atoms with Crippen LogP contribution in [0.5, 0.6) is 5.75 Å². The number of nitrogens with zero attached hydrogens (tertiary/aromatic N) is 3. The molecule has 2 aromatic rings. The van der Waals surface area contributed by atoms with Gasteiger partial charge in [0, 0.05) is 6.07 Å². The highest BCUT2D eigenvalue weighted by Crippen LogP contribution is 2.28. The number of nitro benzene ring substituents is 1. The fraction of sp³-hybridized carbons (Fsp3) is 0.200. The van der Waals surface area contributed by atoms with Crippen LogP contribution in [-0.2, 0) is 6.61 Å². The molecule has 0 amide bonds. The van der Waals surface area contributed by atoms with Crippen molar-refractivity contribution in [2.45, 2.75) is 13.5 Å². The molecule has 8 heteroatoms. The van der Waals surface area contributed by atoms with E-state index in [2.05, 4.69) is 10.2 Å². The van der Waals surface area contributed by atoms with E-state index in [-0.39, 0.29) is 18.0 Å². The van der Waals surface area contributed by atoms with Gasteiger partial charge in [0.25, 0.3) is 0 Å². The molecule has 0 aliphatic rings. The maximum absolute atomic E-state index is 10.9. The van der Waals surface area contributed by atoms with Crippen molar-refractivity contribution in [1.82, 2.24) is 10.2 Å². The van der Waals surface area contributed by atoms with Crippen LogP contribution in [0, 0.1) is 17.0 Å². The molecule has 0 saturated carbocycles. The van der Waals surface area contributed by atoms with Gasteiger partial charge in [0.15, 0.2) is 10.8 Å². The van der Waals surface area contributed by atoms with Gasteiger partial charge in [-0.3, -0.25) is 10.1 Å². The number of nitrogens with two attached hydrogens (primary N) is 1. The summed E-state index contributed by atoms with van der Waals surface area (Å²) >= 11 is 1.19. The molecule has 1 aromatic carbocycles. The fourth-order valence-corrected chi connectivity index (χ4v) is 1.88. The van der Waals surface area contributed by atoms with Gasteiger partial charge in [0.1, 0.15) is 6.61 Å². The van der Waals surface area contributed by atoms with Gasteiger partial charge in [-0.2, -0.15) is 0 Å². The highest BCUT2D eigenvalue weighted by Gasteiger charge is 2.15. The van der Waals surface area contributed by atoms with E-state index in [4.69, 9.17) is 10.5 Å². The predicted octanol–water partition coefficient (Wildman–Crippen LogP) is 1.92. The Labute approximate surface area is 106 Å². The summed E-state index contributed by atoms with van der Waals surface area (Å²) in [5, 5.41) is 19.2. The van der Waals surface area contributed by atoms with Gasteiger partial charge < -0.3 is 10.5 Å². The Kier molecular flexibility index (Phi) is 3.38. The average molecular weight is 266 g/mol. The standard InChI is InChI=1S/C10H10N4O3S/c1-6-2-3-8(7(4-6)14(15)16)17-5-9-12-13-10(11)18-9/h2-4H,5H2,1H3,(H2,11,13). The van der Waals surface area contributed by atoms with Crippen LogP contribution < -0.4 is 10.5 Å². The smallest absolute Gasteiger partial charge is 0.311 e. The number of aryl methyl sites for hydroxylation is 1. The van der Waals surface area contributed by atoms with Crippen molar-refractivity contribution < 1.29 is 9.66 Å². The van der Waals surface area contributed by atoms with Crippen LogP contribution in [0.2, 0.25) is 0 Å². The van der Waals surface area contributed by atoms with Gasteiger partial charge in [-0.15, -0.1) is 10.2 Å². The number of benzene rings is 1. The quantitative estimate of drug-likeness (QED) is 0.669. The third-order valence-corrected chi connectivity index (χ3v) is 2.87. The molecule has 18 heavy (non-hydrogen) atoms. The summed E-state index contributed by atoms with van der Waals surface area (Å²) in [5.41, 5.74) is 6.16. The molecule has 2 rings (SSSR count). The highest BCUT2D eigenvalue weighted by molar-refractivity contribution is 7.15. The number of rotatable bonds is 4. The predicted molar refractivity (Wildman–Crippen MR) is 66.5 cm³/mol. The molecule has 0 spiro atoms. The number of nitro groups is 1. The summed E-state index contributed by atoms with van der Waals surface area (Å²) in [5.74, 6) is 0.208. The number of hydrogen-bond acceptors (Lipinski definition) is 7. The van der Waals surface area contributed by atoms with Crippen LogP contribution in [0.4, 0.5) is 10.8 Å². The monoisotopic (exact) mass is 266 g/mol. The first-order chi connectivity index (χ1) is 8.56. The Bertz CT molecular complexity index is 584. The normalized spacial score (nSPS) is 10.3. The molecule has 0 atom stereocenters. The van der Waals surface area contributed by atoms with Crippen LogP contribution in [0.25, 0.3) is 0 Å². The van der Waals surface area contributed by atoms with Crippen LogP contribution >= 0.6 is 11.3 Å². The molecule has 94 valence electrons. The first-order valence-corrected chi connectivity index (χ1v) is 5.83. The zero-order chi connectivity index (χ0) is 13.1. The number of aromatic nitrogens is 2. The van der Waals surface area contributed by atoms with Gasteiger partial charge in [0.2, 0.25) is 5.13 Å². The van der Waals surface area contributed by atoms with E-state index >= 15 is 0 Å². The molecule has 1 heterocycles. The third-order valence-electron chi connectivity index (χ3n) is 2.14. The largest absolute Gasteiger partial charge is 0.479 e. The summed E-state index contributed by atoms with van der Waals surface area (Å²) in [6, 6.07) is 4.78. The molecule has 1 aromatic heterocycles. The lowest BCUT2D eigenvalue weighted by molar-refractivity contribution is -0.386. The molecule has 0 aliphatic carbocycles. The molecule has 0 radical (unpaired) electrons. The van der Waals surface area contributed by atoms with Crippen LogP contribution in [-0.4, -0.2) is 15.1 Å². The fourth-order valence-electron chi connectivity index (χ4n) is 1.36. The number of nitrogen functional groups attached to an aromatic ring is 1. The number of anilines is 1. The van der Waals surface area contributed by atoms with E-state index in [0.717, 1.165) is 5.56 Å². The Hall–Kier alpha value is -2.22. The minimum Gasteiger partial charge on any atom is -0.479 e. The Morgan fingerprint density at radius 1 is 1.50 bits per heavy atom. The van der Waals surface area contributed by atoms with Crippen molar-refractivity contribution in [2.75, 3.05) is 5.73 Å². The van der Waals surface area contributed by atoms with Crippen molar-refractivity contribution in [2.24, 2.45) is 0 Å². The third kappa shape index (κ3) is 2.72. The summed E-state index contributed by atoms with van der Waals surface area (Å²) < 4.78 is 5.36. The van der Waals surface area contributed by atoms with Crippen molar-refractivity contribution >= 4 is 22.2 Å². The van der Waals surface area contributed by atoms with Gasteiger partial charge in [0.05, 0.1) is 4.92 Å². The summed E-state index contributed by atoms with van der Waals surface area (Å²) in [4.78, 5) is 10.4. The lowest BCUT2D eigenvalue weighted by Crippen LogP contribution is -1.99. The Balaban J connectivity index is 2.16. The summed E-state index contributed by atoms with van der Waals surface area (Å²) in [6.07, 6.45) is 0. The second kappa shape index (κ2) is 4.96. The lowest BCUT2D eigenvalue weighted by Gasteiger charge is -2.05. The average Bonchev–Trinajstić information content (AvgIpc) is 2.73. The zero-order valence-corrected chi connectivity index (χ0v) is 10.3. The van der Waals surface area contributed by atoms with E-state index in [1.54, 1.807) is 19.1 Å². The molecular weight excluding hydrogens is 256 g/mol. The second-order valence-electron chi connectivity index (χ2n) is 3.55. The lowest BCUT2D eigenvalue weighted by atomic mass is 10.2. The minimum absolute atomic E-state index is 0.0625. The van der Waals surface area contributed by atoms with Crippen LogP contribution in [0.3, 0.4) is 0 Å². The van der Waals surface area contributed by atoms with Gasteiger partial charge >= 0.3 is 5.69 Å². The van der Waals surface area contributed by atoms with E-state index in [1.807, 2.05) is 0 Å². The first kappa shape index (κ1) is 12.2. The number of ether oxygens (including phenoxy) is 1. The van der Waals surface area contributed by atoms with Crippen molar-refractivity contribution in [1.29, 1.82) is 0 Å². The van der Waals surface area contributed by atoms with E-state index < -0.39 is 4.92 Å². The van der Waals surface area contributed by atoms with E-state index in [1.165, 1.54) is 17.4 Å². The van der Waals surface area contributed by atoms with Crippen LogP contribution in [0.1, 0.15) is 10.6 Å². The van der Waals surface area contributed by atoms with E-state index in [0.29, 0.717) is 10.1 Å². The van der Waals surface area contributed by atoms with Crippen molar-refractivity contribution in [3.8, 4) is 5.75 Å². The maximum Gasteiger partial charge on any atom is 0.311 e. The molecule has 0 fully saturated rings. The summed E-state index contributed by atoms with van der Waals surface area (Å²) in [6.45, 7) is 1.89. The second-order valence-corrected chi connectivity index (χ2v) is 4.64. The molecule has 0 saturated heterocycles. The minimum atomic E-state index is -0.475. The zero-order valence-electron chi connectivity index (χ0n) is 9.49. The maximum atomic E-state index is 10.9. The Morgan fingerprint density at radius 3 is 2.89 bits per heavy atom. The molecule has 0 aliphatic heterocycles. The Morgan fingerprint density at radius 2 is 2.28 bits per heavy atom. The van der Waals surface area contributed by atoms with Gasteiger partial charge in [-0.1, -0.05) is 17.4 Å². The molecule has 2 N–H and O–H groups in total. The van der Waals surface area contributed by atoms with Crippen LogP contribution in [0.15, 0.2) is 18.2 Å². The van der Waals surface area contributed by atoms with Gasteiger partial charge in [-0.25, -0.2) is 0 Å². The van der Waals surface area contributed by atoms with Gasteiger partial charge in [-0.05, 0) is 18.6 Å². The molecule has 0 unspecified atom stereocenters. The topological polar surface area (TPSA) is 104 Å². The van der Waals surface area contributed by atoms with E-state index in [9.17, 15) is 10.1 Å². The SMILES string of the molecule is Cc1ccc(OCc2nnc(N)s2)c([N+](=O)[O-])c1. The summed E-state index contributed by atoms with van der Waals surface area (Å²) in [7, 11) is 0. The highest BCUT2D eigenvalue weighted by atomic mass is 32.1. The molecule has 0 bridgehead atoms. The number of hydrogen-bond donors (Lipinski definition) is 1. The van der Waals surface area contributed by atoms with Crippen molar-refractivity contribution in [3.63, 3.8) is 0 Å². The first-order valence-electron chi connectivity index (χ1n) is 5.02.